The van der Waals surface area contributed by atoms with E-state index in [1.54, 1.807) is 62.6 Å². The number of amides is 1. The molecule has 3 aromatic carbocycles. The maximum atomic E-state index is 11.5. The van der Waals surface area contributed by atoms with Crippen molar-refractivity contribution in [2.24, 2.45) is 0 Å². The molecule has 12 nitrogen and oxygen atoms in total. The van der Waals surface area contributed by atoms with Gasteiger partial charge in [-0.25, -0.2) is 9.59 Å². The van der Waals surface area contributed by atoms with E-state index in [0.717, 1.165) is 0 Å². The zero-order valence-corrected chi connectivity index (χ0v) is 25.5. The SMILES string of the molecule is CN(C)C(=O)c1ccccc1C=O.CNC.O=C(Cl)C(=O)Cl.O=Cc1ccccc1C(=O)O.O=Cc1ccccc1C(=O)O. The molecule has 0 aliphatic rings. The summed E-state index contributed by atoms with van der Waals surface area (Å²) >= 11 is 8.98. The second kappa shape index (κ2) is 23.5. The van der Waals surface area contributed by atoms with Crippen LogP contribution in [-0.4, -0.2) is 90.5 Å². The fourth-order valence-electron chi connectivity index (χ4n) is 2.62. The van der Waals surface area contributed by atoms with Crippen LogP contribution in [0.2, 0.25) is 0 Å². The first-order valence-corrected chi connectivity index (χ1v) is 12.8. The van der Waals surface area contributed by atoms with Gasteiger partial charge >= 0.3 is 22.4 Å². The van der Waals surface area contributed by atoms with Crippen LogP contribution in [0, 0.1) is 0 Å². The number of halogens is 2. The lowest BCUT2D eigenvalue weighted by atomic mass is 10.1. The molecule has 0 heterocycles. The molecule has 44 heavy (non-hydrogen) atoms. The van der Waals surface area contributed by atoms with Crippen LogP contribution in [0.25, 0.3) is 0 Å². The molecule has 0 aliphatic heterocycles. The summed E-state index contributed by atoms with van der Waals surface area (Å²) in [6.07, 6.45) is 1.75. The number of carboxylic acid groups (broad SMARTS) is 2. The summed E-state index contributed by atoms with van der Waals surface area (Å²) in [6.45, 7) is 0. The van der Waals surface area contributed by atoms with E-state index in [4.69, 9.17) is 10.2 Å². The minimum atomic E-state index is -1.14. The van der Waals surface area contributed by atoms with Gasteiger partial charge in [0, 0.05) is 30.8 Å². The molecule has 1 amide bonds. The number of carbonyl (C=O) groups excluding carboxylic acids is 6. The van der Waals surface area contributed by atoms with Crippen LogP contribution in [0.15, 0.2) is 72.8 Å². The van der Waals surface area contributed by atoms with Crippen molar-refractivity contribution in [1.29, 1.82) is 0 Å². The summed E-state index contributed by atoms with van der Waals surface area (Å²) in [5.74, 6) is -2.30. The van der Waals surface area contributed by atoms with Gasteiger partial charge < -0.3 is 20.4 Å². The van der Waals surface area contributed by atoms with Crippen molar-refractivity contribution in [1.82, 2.24) is 10.2 Å². The number of aromatic carboxylic acids is 2. The highest BCUT2D eigenvalue weighted by Crippen LogP contribution is 2.08. The van der Waals surface area contributed by atoms with Crippen molar-refractivity contribution in [3.8, 4) is 0 Å². The lowest BCUT2D eigenvalue weighted by Gasteiger charge is -2.11. The largest absolute Gasteiger partial charge is 0.478 e. The first-order chi connectivity index (χ1) is 20.7. The number of carboxylic acids is 2. The number of aldehydes is 3. The Morgan fingerprint density at radius 3 is 1.05 bits per heavy atom. The predicted octanol–water partition coefficient (Wildman–Crippen LogP) is 3.95. The molecule has 234 valence electrons. The van der Waals surface area contributed by atoms with E-state index in [9.17, 15) is 38.4 Å². The summed E-state index contributed by atoms with van der Waals surface area (Å²) in [5.41, 5.74) is 1.38. The molecule has 0 bridgehead atoms. The summed E-state index contributed by atoms with van der Waals surface area (Å²) in [6, 6.07) is 18.9. The predicted molar refractivity (Wildman–Crippen MR) is 164 cm³/mol. The maximum absolute atomic E-state index is 11.5. The van der Waals surface area contributed by atoms with Crippen LogP contribution in [0.1, 0.15) is 62.1 Å². The lowest BCUT2D eigenvalue weighted by Crippen LogP contribution is -2.22. The maximum Gasteiger partial charge on any atom is 0.336 e. The van der Waals surface area contributed by atoms with E-state index in [1.807, 2.05) is 14.1 Å². The molecule has 14 heteroatoms. The van der Waals surface area contributed by atoms with Gasteiger partial charge in [0.25, 0.3) is 5.91 Å². The van der Waals surface area contributed by atoms with Crippen molar-refractivity contribution in [3.05, 3.63) is 106 Å². The number of hydrogen-bond donors (Lipinski definition) is 3. The van der Waals surface area contributed by atoms with Crippen molar-refractivity contribution in [2.45, 2.75) is 0 Å². The van der Waals surface area contributed by atoms with Gasteiger partial charge in [-0.1, -0.05) is 54.6 Å². The van der Waals surface area contributed by atoms with Crippen molar-refractivity contribution < 1.29 is 48.6 Å². The molecule has 0 saturated heterocycles. The zero-order chi connectivity index (χ0) is 34.2. The Hall–Kier alpha value is -5.04. The number of carbonyl (C=O) groups is 8. The molecule has 0 saturated carbocycles. The van der Waals surface area contributed by atoms with Gasteiger partial charge in [0.1, 0.15) is 0 Å². The second-order valence-corrected chi connectivity index (χ2v) is 8.66. The van der Waals surface area contributed by atoms with Crippen LogP contribution < -0.4 is 5.32 Å². The molecule has 3 rings (SSSR count). The zero-order valence-electron chi connectivity index (χ0n) is 24.0. The number of hydrogen-bond acceptors (Lipinski definition) is 9. The molecule has 0 spiro atoms. The van der Waals surface area contributed by atoms with Gasteiger partial charge in [-0.05, 0) is 55.5 Å². The summed E-state index contributed by atoms with van der Waals surface area (Å²) in [4.78, 5) is 83.8. The van der Waals surface area contributed by atoms with E-state index in [2.05, 4.69) is 28.5 Å². The van der Waals surface area contributed by atoms with E-state index >= 15 is 0 Å². The highest BCUT2D eigenvalue weighted by atomic mass is 35.5. The van der Waals surface area contributed by atoms with Gasteiger partial charge in [-0.3, -0.25) is 28.8 Å². The van der Waals surface area contributed by atoms with Gasteiger partial charge in [0.05, 0.1) is 16.7 Å². The highest BCUT2D eigenvalue weighted by Gasteiger charge is 2.11. The van der Waals surface area contributed by atoms with Crippen LogP contribution in [0.4, 0.5) is 0 Å². The van der Waals surface area contributed by atoms with Gasteiger partial charge in [0.2, 0.25) is 0 Å². The average Bonchev–Trinajstić information content (AvgIpc) is 3.01. The molecule has 0 unspecified atom stereocenters. The summed E-state index contributed by atoms with van der Waals surface area (Å²) in [5, 5.41) is 17.5. The normalized spacial score (nSPS) is 8.77. The number of nitrogens with zero attached hydrogens (tertiary/aromatic N) is 1. The van der Waals surface area contributed by atoms with Crippen molar-refractivity contribution in [3.63, 3.8) is 0 Å². The van der Waals surface area contributed by atoms with E-state index in [0.29, 0.717) is 30.0 Å². The van der Waals surface area contributed by atoms with E-state index in [1.165, 1.54) is 29.2 Å². The molecule has 0 aliphatic carbocycles. The molecule has 0 aromatic heterocycles. The quantitative estimate of drug-likeness (QED) is 0.191. The van der Waals surface area contributed by atoms with Crippen LogP contribution in [0.5, 0.6) is 0 Å². The third-order valence-electron chi connectivity index (χ3n) is 4.52. The fraction of sp³-hybridized carbons (Fsp3) is 0.133. The first kappa shape index (κ1) is 41.1. The Kier molecular flexibility index (Phi) is 22.0. The molecule has 0 atom stereocenters. The average molecular weight is 649 g/mol. The minimum Gasteiger partial charge on any atom is -0.478 e. The Bertz CT molecular complexity index is 1370. The molecule has 0 fully saturated rings. The number of benzene rings is 3. The van der Waals surface area contributed by atoms with Gasteiger partial charge in [-0.15, -0.1) is 0 Å². The lowest BCUT2D eigenvalue weighted by molar-refractivity contribution is -0.127. The smallest absolute Gasteiger partial charge is 0.336 e. The van der Waals surface area contributed by atoms with Gasteiger partial charge in [0.15, 0.2) is 18.9 Å². The Labute approximate surface area is 263 Å². The monoisotopic (exact) mass is 648 g/mol. The minimum absolute atomic E-state index is 0.0440. The molecular weight excluding hydrogens is 619 g/mol. The summed E-state index contributed by atoms with van der Waals surface area (Å²) in [7, 11) is 7.06. The first-order valence-electron chi connectivity index (χ1n) is 12.0. The van der Waals surface area contributed by atoms with Crippen molar-refractivity contribution in [2.75, 3.05) is 28.2 Å². The highest BCUT2D eigenvalue weighted by molar-refractivity contribution is 6.97. The number of nitrogens with one attached hydrogen (secondary N) is 1. The van der Waals surface area contributed by atoms with E-state index < -0.39 is 22.4 Å². The van der Waals surface area contributed by atoms with E-state index in [-0.39, 0.29) is 28.2 Å². The number of rotatable bonds is 7. The Morgan fingerprint density at radius 1 is 0.591 bits per heavy atom. The van der Waals surface area contributed by atoms with Crippen molar-refractivity contribution >= 4 is 70.4 Å². The topological polar surface area (TPSA) is 192 Å². The van der Waals surface area contributed by atoms with Crippen LogP contribution in [-0.2, 0) is 9.59 Å². The molecule has 3 aromatic rings. The molecule has 0 radical (unpaired) electrons. The standard InChI is InChI=1S/C10H11NO2.2C8H6O3.C2Cl2O2.C2H7N/c1-11(2)10(13)9-6-4-3-5-8(9)7-12;2*9-5-6-3-1-2-4-7(6)8(10)11;3-1(5)2(4)6;1-3-2/h3-7H,1-2H3;2*1-5H,(H,10,11);;3H,1-2H3. The second-order valence-electron chi connectivity index (χ2n) is 7.97. The third kappa shape index (κ3) is 16.4. The van der Waals surface area contributed by atoms with Crippen LogP contribution in [0.3, 0.4) is 0 Å². The summed E-state index contributed by atoms with van der Waals surface area (Å²) < 4.78 is 0. The third-order valence-corrected chi connectivity index (χ3v) is 4.96. The fourth-order valence-corrected chi connectivity index (χ4v) is 2.62. The Balaban J connectivity index is 0. The molecule has 3 N–H and O–H groups in total. The molecular formula is C30H30Cl2N2O10. The van der Waals surface area contributed by atoms with Crippen LogP contribution >= 0.6 is 23.2 Å². The Morgan fingerprint density at radius 2 is 0.841 bits per heavy atom. The van der Waals surface area contributed by atoms with Gasteiger partial charge in [-0.2, -0.15) is 0 Å².